The van der Waals surface area contributed by atoms with Crippen LogP contribution >= 0.6 is 23.1 Å². The molecule has 0 saturated heterocycles. The molecule has 0 aliphatic heterocycles. The molecule has 3 aromatic rings. The van der Waals surface area contributed by atoms with Crippen LogP contribution in [0.4, 0.5) is 5.69 Å². The molecule has 106 valence electrons. The number of aromatic amines is 1. The van der Waals surface area contributed by atoms with Gasteiger partial charge in [-0.15, -0.1) is 11.3 Å². The molecule has 7 heteroatoms. The molecule has 2 aromatic heterocycles. The zero-order valence-corrected chi connectivity index (χ0v) is 12.6. The predicted molar refractivity (Wildman–Crippen MR) is 83.4 cm³/mol. The number of aromatic nitrogens is 1. The van der Waals surface area contributed by atoms with Crippen LogP contribution in [0.5, 0.6) is 0 Å². The molecule has 0 saturated carbocycles. The monoisotopic (exact) mass is 318 g/mol. The van der Waals surface area contributed by atoms with Crippen LogP contribution in [0.25, 0.3) is 10.9 Å². The van der Waals surface area contributed by atoms with Crippen molar-refractivity contribution in [2.45, 2.75) is 16.2 Å². The van der Waals surface area contributed by atoms with Crippen LogP contribution in [0.2, 0.25) is 0 Å². The van der Waals surface area contributed by atoms with Gasteiger partial charge in [-0.25, -0.2) is 0 Å². The molecule has 0 aliphatic rings. The average molecular weight is 318 g/mol. The third-order valence-electron chi connectivity index (χ3n) is 2.93. The van der Waals surface area contributed by atoms with E-state index in [0.29, 0.717) is 9.09 Å². The van der Waals surface area contributed by atoms with Gasteiger partial charge < -0.3 is 4.98 Å². The Hall–Kier alpha value is -2.12. The third kappa shape index (κ3) is 2.70. The van der Waals surface area contributed by atoms with Crippen LogP contribution in [-0.4, -0.2) is 15.7 Å². The lowest BCUT2D eigenvalue weighted by atomic mass is 10.3. The van der Waals surface area contributed by atoms with Gasteiger partial charge in [0.1, 0.15) is 4.21 Å². The lowest BCUT2D eigenvalue weighted by molar-refractivity contribution is -0.387. The number of nitrogens with zero attached hydrogens (tertiary/aromatic N) is 1. The normalized spacial score (nSPS) is 10.9. The Morgan fingerprint density at radius 1 is 1.33 bits per heavy atom. The average Bonchev–Trinajstić information content (AvgIpc) is 3.02. The smallest absolute Gasteiger partial charge is 0.294 e. The number of hydrogen-bond acceptors (Lipinski definition) is 5. The third-order valence-corrected chi connectivity index (χ3v) is 5.29. The summed E-state index contributed by atoms with van der Waals surface area (Å²) in [5.74, 6) is -0.161. The maximum Gasteiger partial charge on any atom is 0.294 e. The standard InChI is InChI=1S/C14H10N2O3S2/c1-8(17)12-7-11(16(18)19)14(20-12)21-13-6-9-4-2-3-5-10(9)15-13/h2-7,15H,1H3. The van der Waals surface area contributed by atoms with E-state index in [-0.39, 0.29) is 11.5 Å². The Bertz CT molecular complexity index is 818. The van der Waals surface area contributed by atoms with Crippen molar-refractivity contribution in [1.29, 1.82) is 0 Å². The van der Waals surface area contributed by atoms with Crippen molar-refractivity contribution >= 4 is 45.5 Å². The molecule has 0 radical (unpaired) electrons. The van der Waals surface area contributed by atoms with Crippen molar-refractivity contribution in [2.24, 2.45) is 0 Å². The topological polar surface area (TPSA) is 76.0 Å². The highest BCUT2D eigenvalue weighted by Gasteiger charge is 2.22. The van der Waals surface area contributed by atoms with Gasteiger partial charge in [0, 0.05) is 17.0 Å². The Balaban J connectivity index is 2.00. The van der Waals surface area contributed by atoms with Gasteiger partial charge in [-0.1, -0.05) is 30.0 Å². The van der Waals surface area contributed by atoms with Crippen molar-refractivity contribution in [3.8, 4) is 0 Å². The van der Waals surface area contributed by atoms with Crippen LogP contribution in [-0.2, 0) is 0 Å². The van der Waals surface area contributed by atoms with Crippen LogP contribution < -0.4 is 0 Å². The summed E-state index contributed by atoms with van der Waals surface area (Å²) in [5.41, 5.74) is 0.958. The molecule has 21 heavy (non-hydrogen) atoms. The maximum absolute atomic E-state index is 11.4. The summed E-state index contributed by atoms with van der Waals surface area (Å²) in [6, 6.07) is 11.1. The van der Waals surface area contributed by atoms with E-state index in [9.17, 15) is 14.9 Å². The second kappa shape index (κ2) is 5.34. The first-order valence-corrected chi connectivity index (χ1v) is 7.72. The number of benzene rings is 1. The van der Waals surface area contributed by atoms with Crippen molar-refractivity contribution < 1.29 is 9.72 Å². The molecule has 0 spiro atoms. The number of rotatable bonds is 4. The number of Topliss-reactive ketones (excluding diaryl/α,β-unsaturated/α-hetero) is 1. The highest BCUT2D eigenvalue weighted by atomic mass is 32.2. The van der Waals surface area contributed by atoms with Crippen molar-refractivity contribution in [3.63, 3.8) is 0 Å². The minimum absolute atomic E-state index is 0.0196. The van der Waals surface area contributed by atoms with E-state index in [1.807, 2.05) is 30.3 Å². The van der Waals surface area contributed by atoms with E-state index in [1.54, 1.807) is 0 Å². The van der Waals surface area contributed by atoms with Gasteiger partial charge in [-0.05, 0) is 19.1 Å². The zero-order valence-electron chi connectivity index (χ0n) is 11.0. The van der Waals surface area contributed by atoms with Gasteiger partial charge in [0.15, 0.2) is 5.78 Å². The largest absolute Gasteiger partial charge is 0.349 e. The molecule has 5 nitrogen and oxygen atoms in total. The van der Waals surface area contributed by atoms with Gasteiger partial charge >= 0.3 is 0 Å². The summed E-state index contributed by atoms with van der Waals surface area (Å²) in [7, 11) is 0. The zero-order chi connectivity index (χ0) is 15.0. The van der Waals surface area contributed by atoms with E-state index in [2.05, 4.69) is 4.98 Å². The molecule has 0 fully saturated rings. The molecule has 1 aromatic carbocycles. The Kier molecular flexibility index (Phi) is 3.52. The number of ketones is 1. The van der Waals surface area contributed by atoms with Gasteiger partial charge in [-0.2, -0.15) is 0 Å². The van der Waals surface area contributed by atoms with E-state index in [0.717, 1.165) is 27.3 Å². The van der Waals surface area contributed by atoms with Crippen LogP contribution in [0.3, 0.4) is 0 Å². The molecular formula is C14H10N2O3S2. The molecule has 0 bridgehead atoms. The summed E-state index contributed by atoms with van der Waals surface area (Å²) in [6.07, 6.45) is 0. The Morgan fingerprint density at radius 3 is 2.76 bits per heavy atom. The van der Waals surface area contributed by atoms with Crippen molar-refractivity contribution in [1.82, 2.24) is 4.98 Å². The van der Waals surface area contributed by atoms with E-state index < -0.39 is 4.92 Å². The molecule has 3 rings (SSSR count). The molecule has 0 amide bonds. The number of fused-ring (bicyclic) bond motifs is 1. The number of para-hydroxylation sites is 1. The fourth-order valence-corrected chi connectivity index (χ4v) is 4.18. The lowest BCUT2D eigenvalue weighted by Crippen LogP contribution is -1.87. The second-order valence-corrected chi connectivity index (χ2v) is 6.78. The molecule has 0 atom stereocenters. The van der Waals surface area contributed by atoms with E-state index in [1.165, 1.54) is 24.8 Å². The molecule has 1 N–H and O–H groups in total. The van der Waals surface area contributed by atoms with Crippen LogP contribution in [0.15, 0.2) is 45.6 Å². The molecule has 0 aliphatic carbocycles. The van der Waals surface area contributed by atoms with E-state index in [4.69, 9.17) is 0 Å². The SMILES string of the molecule is CC(=O)c1cc([N+](=O)[O-])c(Sc2cc3ccccc3[nH]2)s1. The van der Waals surface area contributed by atoms with Crippen LogP contribution in [0, 0.1) is 10.1 Å². The number of hydrogen-bond donors (Lipinski definition) is 1. The lowest BCUT2D eigenvalue weighted by Gasteiger charge is -1.94. The highest BCUT2D eigenvalue weighted by molar-refractivity contribution is 8.01. The summed E-state index contributed by atoms with van der Waals surface area (Å²) in [4.78, 5) is 25.7. The van der Waals surface area contributed by atoms with Gasteiger partial charge in [0.25, 0.3) is 5.69 Å². The van der Waals surface area contributed by atoms with E-state index >= 15 is 0 Å². The number of nitro groups is 1. The number of thiophene rings is 1. The van der Waals surface area contributed by atoms with Gasteiger partial charge in [-0.3, -0.25) is 14.9 Å². The van der Waals surface area contributed by atoms with Crippen molar-refractivity contribution in [3.05, 3.63) is 51.4 Å². The second-order valence-electron chi connectivity index (χ2n) is 4.42. The number of carbonyl (C=O) groups excluding carboxylic acids is 1. The van der Waals surface area contributed by atoms with Crippen molar-refractivity contribution in [2.75, 3.05) is 0 Å². The van der Waals surface area contributed by atoms with Gasteiger partial charge in [0.05, 0.1) is 14.8 Å². The first-order valence-electron chi connectivity index (χ1n) is 6.09. The molecule has 0 unspecified atom stereocenters. The Morgan fingerprint density at radius 2 is 2.10 bits per heavy atom. The fraction of sp³-hybridized carbons (Fsp3) is 0.0714. The summed E-state index contributed by atoms with van der Waals surface area (Å²) in [6.45, 7) is 1.41. The molecule has 2 heterocycles. The quantitative estimate of drug-likeness (QED) is 0.437. The first kappa shape index (κ1) is 13.8. The fourth-order valence-electron chi connectivity index (χ4n) is 1.94. The number of H-pyrrole nitrogens is 1. The summed E-state index contributed by atoms with van der Waals surface area (Å²) >= 11 is 2.43. The minimum atomic E-state index is -0.450. The minimum Gasteiger partial charge on any atom is -0.349 e. The highest BCUT2D eigenvalue weighted by Crippen LogP contribution is 2.41. The first-order chi connectivity index (χ1) is 10.0. The maximum atomic E-state index is 11.4. The van der Waals surface area contributed by atoms with Gasteiger partial charge in [0.2, 0.25) is 0 Å². The molecular weight excluding hydrogens is 308 g/mol. The number of carbonyl (C=O) groups is 1. The van der Waals surface area contributed by atoms with Crippen LogP contribution in [0.1, 0.15) is 16.6 Å². The predicted octanol–water partition coefficient (Wildman–Crippen LogP) is 4.49. The Labute approximate surface area is 128 Å². The summed E-state index contributed by atoms with van der Waals surface area (Å²) < 4.78 is 0.511. The summed E-state index contributed by atoms with van der Waals surface area (Å²) in [5, 5.41) is 13.0. The number of nitrogens with one attached hydrogen (secondary N) is 1.